The lowest BCUT2D eigenvalue weighted by Gasteiger charge is -2.09. The SMILES string of the molecule is COC(=O)c1ccc(Cl)c(NCc2cc(Cl)cs2)c1. The molecule has 0 atom stereocenters. The predicted molar refractivity (Wildman–Crippen MR) is 79.4 cm³/mol. The minimum Gasteiger partial charge on any atom is -0.465 e. The van der Waals surface area contributed by atoms with Crippen molar-refractivity contribution in [2.45, 2.75) is 6.54 Å². The molecule has 0 aliphatic carbocycles. The van der Waals surface area contributed by atoms with Gasteiger partial charge in [0.2, 0.25) is 0 Å². The molecule has 2 rings (SSSR count). The molecule has 0 saturated heterocycles. The maximum Gasteiger partial charge on any atom is 0.337 e. The van der Waals surface area contributed by atoms with Crippen LogP contribution in [0.15, 0.2) is 29.6 Å². The number of carbonyl (C=O) groups is 1. The second-order valence-electron chi connectivity index (χ2n) is 3.77. The quantitative estimate of drug-likeness (QED) is 0.847. The van der Waals surface area contributed by atoms with E-state index in [4.69, 9.17) is 23.2 Å². The van der Waals surface area contributed by atoms with E-state index >= 15 is 0 Å². The summed E-state index contributed by atoms with van der Waals surface area (Å²) in [5, 5.41) is 6.31. The molecule has 0 saturated carbocycles. The summed E-state index contributed by atoms with van der Waals surface area (Å²) in [4.78, 5) is 12.5. The van der Waals surface area contributed by atoms with Crippen molar-refractivity contribution < 1.29 is 9.53 Å². The molecule has 0 fully saturated rings. The molecule has 0 unspecified atom stereocenters. The van der Waals surface area contributed by atoms with Gasteiger partial charge in [-0.2, -0.15) is 0 Å². The first-order chi connectivity index (χ1) is 9.10. The Balaban J connectivity index is 2.12. The Morgan fingerprint density at radius 3 is 2.79 bits per heavy atom. The highest BCUT2D eigenvalue weighted by Crippen LogP contribution is 2.25. The van der Waals surface area contributed by atoms with Crippen LogP contribution in [0.5, 0.6) is 0 Å². The van der Waals surface area contributed by atoms with Crippen molar-refractivity contribution in [2.24, 2.45) is 0 Å². The van der Waals surface area contributed by atoms with Crippen LogP contribution in [0.2, 0.25) is 10.0 Å². The molecule has 1 aromatic carbocycles. The number of hydrogen-bond acceptors (Lipinski definition) is 4. The van der Waals surface area contributed by atoms with Gasteiger partial charge in [0.25, 0.3) is 0 Å². The van der Waals surface area contributed by atoms with E-state index in [9.17, 15) is 4.79 Å². The fraction of sp³-hybridized carbons (Fsp3) is 0.154. The molecule has 0 amide bonds. The zero-order valence-electron chi connectivity index (χ0n) is 10.1. The van der Waals surface area contributed by atoms with Crippen LogP contribution in [0.3, 0.4) is 0 Å². The van der Waals surface area contributed by atoms with Crippen LogP contribution in [0.1, 0.15) is 15.2 Å². The molecule has 1 N–H and O–H groups in total. The first-order valence-electron chi connectivity index (χ1n) is 5.45. The number of rotatable bonds is 4. The van der Waals surface area contributed by atoms with Crippen molar-refractivity contribution in [3.63, 3.8) is 0 Å². The van der Waals surface area contributed by atoms with Gasteiger partial charge in [-0.15, -0.1) is 11.3 Å². The Bertz CT molecular complexity index is 598. The van der Waals surface area contributed by atoms with E-state index in [1.807, 2.05) is 11.4 Å². The lowest BCUT2D eigenvalue weighted by atomic mass is 10.2. The Hall–Kier alpha value is -1.23. The van der Waals surface area contributed by atoms with Gasteiger partial charge in [-0.25, -0.2) is 4.79 Å². The molecule has 0 aliphatic heterocycles. The van der Waals surface area contributed by atoms with Crippen molar-refractivity contribution in [3.05, 3.63) is 50.1 Å². The number of nitrogens with one attached hydrogen (secondary N) is 1. The molecule has 0 aliphatic rings. The lowest BCUT2D eigenvalue weighted by molar-refractivity contribution is 0.0601. The maximum absolute atomic E-state index is 11.4. The molecular weight excluding hydrogens is 305 g/mol. The van der Waals surface area contributed by atoms with E-state index in [0.29, 0.717) is 22.8 Å². The fourth-order valence-electron chi connectivity index (χ4n) is 1.53. The third-order valence-corrected chi connectivity index (χ3v) is 4.08. The van der Waals surface area contributed by atoms with Crippen molar-refractivity contribution in [1.29, 1.82) is 0 Å². The zero-order chi connectivity index (χ0) is 13.8. The first-order valence-corrected chi connectivity index (χ1v) is 7.08. The molecular formula is C13H11Cl2NO2S. The molecule has 0 spiro atoms. The zero-order valence-corrected chi connectivity index (χ0v) is 12.4. The molecule has 6 heteroatoms. The number of esters is 1. The van der Waals surface area contributed by atoms with Crippen LogP contribution in [0.25, 0.3) is 0 Å². The summed E-state index contributed by atoms with van der Waals surface area (Å²) in [5.41, 5.74) is 1.15. The largest absolute Gasteiger partial charge is 0.465 e. The van der Waals surface area contributed by atoms with Gasteiger partial charge < -0.3 is 10.1 Å². The molecule has 19 heavy (non-hydrogen) atoms. The van der Waals surface area contributed by atoms with Crippen LogP contribution >= 0.6 is 34.5 Å². The van der Waals surface area contributed by atoms with Gasteiger partial charge in [0.1, 0.15) is 0 Å². The molecule has 3 nitrogen and oxygen atoms in total. The van der Waals surface area contributed by atoms with Gasteiger partial charge in [-0.3, -0.25) is 0 Å². The fourth-order valence-corrected chi connectivity index (χ4v) is 2.73. The average Bonchev–Trinajstić information content (AvgIpc) is 2.82. The normalized spacial score (nSPS) is 10.3. The van der Waals surface area contributed by atoms with Crippen molar-refractivity contribution >= 4 is 46.2 Å². The maximum atomic E-state index is 11.4. The highest BCUT2D eigenvalue weighted by molar-refractivity contribution is 7.10. The second kappa shape index (κ2) is 6.28. The van der Waals surface area contributed by atoms with Crippen LogP contribution in [-0.2, 0) is 11.3 Å². The number of anilines is 1. The molecule has 1 aromatic heterocycles. The minimum absolute atomic E-state index is 0.390. The smallest absolute Gasteiger partial charge is 0.337 e. The predicted octanol–water partition coefficient (Wildman–Crippen LogP) is 4.45. The minimum atomic E-state index is -0.390. The van der Waals surface area contributed by atoms with Crippen molar-refractivity contribution in [1.82, 2.24) is 0 Å². The molecule has 100 valence electrons. The summed E-state index contributed by atoms with van der Waals surface area (Å²) in [5.74, 6) is -0.390. The standard InChI is InChI=1S/C13H11Cl2NO2S/c1-18-13(17)8-2-3-11(15)12(4-8)16-6-10-5-9(14)7-19-10/h2-5,7,16H,6H2,1H3. The number of benzene rings is 1. The Kier molecular flexibility index (Phi) is 4.69. The number of ether oxygens (including phenoxy) is 1. The van der Waals surface area contributed by atoms with Crippen LogP contribution < -0.4 is 5.32 Å². The van der Waals surface area contributed by atoms with Crippen LogP contribution in [-0.4, -0.2) is 13.1 Å². The van der Waals surface area contributed by atoms with Crippen molar-refractivity contribution in [2.75, 3.05) is 12.4 Å². The van der Waals surface area contributed by atoms with E-state index in [1.165, 1.54) is 7.11 Å². The van der Waals surface area contributed by atoms with E-state index in [-0.39, 0.29) is 5.97 Å². The summed E-state index contributed by atoms with van der Waals surface area (Å²) in [6, 6.07) is 6.85. The van der Waals surface area contributed by atoms with Gasteiger partial charge >= 0.3 is 5.97 Å². The van der Waals surface area contributed by atoms with Gasteiger partial charge in [-0.05, 0) is 24.3 Å². The number of methoxy groups -OCH3 is 1. The van der Waals surface area contributed by atoms with E-state index in [1.54, 1.807) is 29.5 Å². The molecule has 0 radical (unpaired) electrons. The van der Waals surface area contributed by atoms with Gasteiger partial charge in [0, 0.05) is 16.8 Å². The third kappa shape index (κ3) is 3.62. The number of carbonyl (C=O) groups excluding carboxylic acids is 1. The van der Waals surface area contributed by atoms with Crippen LogP contribution in [0, 0.1) is 0 Å². The van der Waals surface area contributed by atoms with E-state index in [0.717, 1.165) is 9.90 Å². The summed E-state index contributed by atoms with van der Waals surface area (Å²) < 4.78 is 4.67. The van der Waals surface area contributed by atoms with E-state index in [2.05, 4.69) is 10.1 Å². The molecule has 1 heterocycles. The summed E-state index contributed by atoms with van der Waals surface area (Å²) >= 11 is 13.5. The van der Waals surface area contributed by atoms with Gasteiger partial charge in [0.15, 0.2) is 0 Å². The number of hydrogen-bond donors (Lipinski definition) is 1. The Morgan fingerprint density at radius 2 is 2.16 bits per heavy atom. The monoisotopic (exact) mass is 315 g/mol. The summed E-state index contributed by atoms with van der Waals surface area (Å²) in [7, 11) is 1.34. The topological polar surface area (TPSA) is 38.3 Å². The Labute approximate surface area is 125 Å². The first kappa shape index (κ1) is 14.2. The van der Waals surface area contributed by atoms with Gasteiger partial charge in [0.05, 0.1) is 28.4 Å². The van der Waals surface area contributed by atoms with Crippen molar-refractivity contribution in [3.8, 4) is 0 Å². The lowest BCUT2D eigenvalue weighted by Crippen LogP contribution is -2.04. The number of halogens is 2. The summed E-state index contributed by atoms with van der Waals surface area (Å²) in [6.07, 6.45) is 0. The average molecular weight is 316 g/mol. The Morgan fingerprint density at radius 1 is 1.37 bits per heavy atom. The number of thiophene rings is 1. The van der Waals surface area contributed by atoms with E-state index < -0.39 is 0 Å². The summed E-state index contributed by atoms with van der Waals surface area (Å²) in [6.45, 7) is 0.599. The molecule has 0 bridgehead atoms. The highest BCUT2D eigenvalue weighted by Gasteiger charge is 2.09. The third-order valence-electron chi connectivity index (χ3n) is 2.46. The molecule has 2 aromatic rings. The van der Waals surface area contributed by atoms with Gasteiger partial charge in [-0.1, -0.05) is 23.2 Å². The van der Waals surface area contributed by atoms with Crippen LogP contribution in [0.4, 0.5) is 5.69 Å². The second-order valence-corrected chi connectivity index (χ2v) is 5.61. The highest BCUT2D eigenvalue weighted by atomic mass is 35.5.